The number of carboxylic acid groups (broad SMARTS) is 1. The van der Waals surface area contributed by atoms with Crippen molar-refractivity contribution >= 4 is 5.97 Å². The zero-order valence-corrected chi connectivity index (χ0v) is 18.8. The summed E-state index contributed by atoms with van der Waals surface area (Å²) in [5, 5.41) is 24.2. The first-order chi connectivity index (χ1) is 13.6. The Morgan fingerprint density at radius 2 is 1.93 bits per heavy atom. The molecule has 0 aliphatic heterocycles. The molecule has 2 atom stereocenters. The number of carbonyl (C=O) groups is 1. The Labute approximate surface area is 193 Å². The number of aryl methyl sites for hydroxylation is 1. The maximum Gasteiger partial charge on any atom is 1.00 e. The molecule has 0 unspecified atom stereocenters. The van der Waals surface area contributed by atoms with Gasteiger partial charge in [-0.15, -0.1) is 0 Å². The molecule has 1 aliphatic rings. The van der Waals surface area contributed by atoms with Crippen LogP contribution < -0.4 is 49.5 Å². The van der Waals surface area contributed by atoms with E-state index in [0.717, 1.165) is 37.0 Å². The van der Waals surface area contributed by atoms with Gasteiger partial charge in [0.25, 0.3) is 0 Å². The number of para-hydroxylation sites is 1. The molecule has 2 N–H and O–H groups in total. The topological polar surface area (TPSA) is 90.9 Å². The minimum atomic E-state index is -1.24. The van der Waals surface area contributed by atoms with Crippen LogP contribution in [0.3, 0.4) is 0 Å². The Morgan fingerprint density at radius 1 is 1.14 bits per heavy atom. The Morgan fingerprint density at radius 3 is 2.69 bits per heavy atom. The summed E-state index contributed by atoms with van der Waals surface area (Å²) in [6, 6.07) is 15.4. The molecule has 3 rings (SSSR count). The van der Waals surface area contributed by atoms with E-state index in [2.05, 4.69) is 5.32 Å². The number of aliphatic carboxylic acids is 1. The molecule has 1 aliphatic carbocycles. The number of hydrogen-bond donors (Lipinski definition) is 2. The maximum atomic E-state index is 10.6. The average molecular weight is 407 g/mol. The normalized spacial score (nSPS) is 16.7. The number of fused-ring (bicyclic) bond motifs is 1. The van der Waals surface area contributed by atoms with Crippen molar-refractivity contribution in [1.82, 2.24) is 5.32 Å². The van der Waals surface area contributed by atoms with Crippen LogP contribution in [0.4, 0.5) is 0 Å². The first-order valence-electron chi connectivity index (χ1n) is 9.64. The number of carboxylic acids is 1. The molecule has 0 radical (unpaired) electrons. The first kappa shape index (κ1) is 23.7. The molecule has 2 aromatic carbocycles. The molecular weight excluding hydrogens is 381 g/mol. The number of nitrogens with one attached hydrogen (secondary N) is 1. The zero-order chi connectivity index (χ0) is 19.8. The maximum absolute atomic E-state index is 10.6. The van der Waals surface area contributed by atoms with Crippen LogP contribution in [0.25, 0.3) is 0 Å². The van der Waals surface area contributed by atoms with Gasteiger partial charge in [-0.2, -0.15) is 0 Å². The van der Waals surface area contributed by atoms with E-state index in [9.17, 15) is 15.0 Å². The van der Waals surface area contributed by atoms with Crippen molar-refractivity contribution in [3.05, 3.63) is 59.7 Å². The summed E-state index contributed by atoms with van der Waals surface area (Å²) in [6.45, 7) is 0.239. The fourth-order valence-corrected chi connectivity index (χ4v) is 3.42. The fourth-order valence-electron chi connectivity index (χ4n) is 3.42. The molecule has 0 saturated carbocycles. The number of carbonyl (C=O) groups excluding carboxylic acids is 1. The van der Waals surface area contributed by atoms with Gasteiger partial charge >= 0.3 is 29.6 Å². The smallest absolute Gasteiger partial charge is 0.546 e. The molecule has 0 spiro atoms. The van der Waals surface area contributed by atoms with Gasteiger partial charge < -0.3 is 29.8 Å². The molecule has 0 amide bonds. The van der Waals surface area contributed by atoms with Gasteiger partial charge in [-0.25, -0.2) is 0 Å². The first-order valence-corrected chi connectivity index (χ1v) is 9.64. The third-order valence-electron chi connectivity index (χ3n) is 4.83. The summed E-state index contributed by atoms with van der Waals surface area (Å²) in [5.41, 5.74) is 2.42. The van der Waals surface area contributed by atoms with Crippen molar-refractivity contribution in [3.8, 4) is 11.5 Å². The van der Waals surface area contributed by atoms with Crippen molar-refractivity contribution in [3.63, 3.8) is 0 Å². The number of benzene rings is 2. The van der Waals surface area contributed by atoms with Gasteiger partial charge in [0.15, 0.2) is 0 Å². The van der Waals surface area contributed by atoms with Crippen LogP contribution in [0.2, 0.25) is 0 Å². The molecular formula is C22H26NNaO5. The Balaban J connectivity index is 0.00000300. The van der Waals surface area contributed by atoms with Crippen LogP contribution in [0.1, 0.15) is 24.0 Å². The number of ether oxygens (including phenoxy) is 2. The fraction of sp³-hybridized carbons (Fsp3) is 0.409. The summed E-state index contributed by atoms with van der Waals surface area (Å²) < 4.78 is 10.8. The van der Waals surface area contributed by atoms with Crippen LogP contribution >= 0.6 is 0 Å². The van der Waals surface area contributed by atoms with Crippen molar-refractivity contribution in [2.45, 2.75) is 37.8 Å². The summed E-state index contributed by atoms with van der Waals surface area (Å²) >= 11 is 0. The Hall–Kier alpha value is -1.57. The summed E-state index contributed by atoms with van der Waals surface area (Å²) in [7, 11) is 0. The predicted molar refractivity (Wildman–Crippen MR) is 103 cm³/mol. The van der Waals surface area contributed by atoms with Crippen LogP contribution in [-0.2, 0) is 17.6 Å². The van der Waals surface area contributed by atoms with E-state index >= 15 is 0 Å². The van der Waals surface area contributed by atoms with Gasteiger partial charge in [0.05, 0.1) is 5.97 Å². The zero-order valence-electron chi connectivity index (χ0n) is 16.8. The second-order valence-corrected chi connectivity index (χ2v) is 7.07. The monoisotopic (exact) mass is 407 g/mol. The molecule has 0 saturated heterocycles. The molecule has 29 heavy (non-hydrogen) atoms. The molecule has 0 fully saturated rings. The van der Waals surface area contributed by atoms with E-state index in [0.29, 0.717) is 12.3 Å². The van der Waals surface area contributed by atoms with E-state index in [1.807, 2.05) is 42.5 Å². The summed E-state index contributed by atoms with van der Waals surface area (Å²) in [5.74, 6) is 0.0510. The predicted octanol–water partition coefficient (Wildman–Crippen LogP) is -1.90. The second kappa shape index (κ2) is 12.2. The molecule has 7 heteroatoms. The van der Waals surface area contributed by atoms with E-state index in [-0.39, 0.29) is 42.2 Å². The minimum absolute atomic E-state index is 0. The average Bonchev–Trinajstić information content (AvgIpc) is 2.91. The number of hydrogen-bond acceptors (Lipinski definition) is 6. The van der Waals surface area contributed by atoms with Gasteiger partial charge in [-0.1, -0.05) is 24.3 Å². The molecule has 2 aromatic rings. The van der Waals surface area contributed by atoms with Gasteiger partial charge in [-0.05, 0) is 61.1 Å². The van der Waals surface area contributed by atoms with Gasteiger partial charge in [0.1, 0.15) is 30.8 Å². The van der Waals surface area contributed by atoms with Gasteiger partial charge in [0.2, 0.25) is 0 Å². The Kier molecular flexibility index (Phi) is 9.97. The van der Waals surface area contributed by atoms with E-state index < -0.39 is 18.7 Å². The largest absolute Gasteiger partial charge is 1.00 e. The van der Waals surface area contributed by atoms with Crippen molar-refractivity contribution < 1.29 is 54.0 Å². The van der Waals surface area contributed by atoms with E-state index in [4.69, 9.17) is 9.47 Å². The second-order valence-electron chi connectivity index (χ2n) is 7.07. The van der Waals surface area contributed by atoms with Crippen LogP contribution in [-0.4, -0.2) is 43.0 Å². The number of aliphatic hydroxyl groups is 1. The molecule has 6 nitrogen and oxygen atoms in total. The van der Waals surface area contributed by atoms with Crippen LogP contribution in [0.5, 0.6) is 11.5 Å². The molecule has 0 heterocycles. The van der Waals surface area contributed by atoms with Crippen molar-refractivity contribution in [1.29, 1.82) is 0 Å². The Bertz CT molecular complexity index is 771. The van der Waals surface area contributed by atoms with Gasteiger partial charge in [0, 0.05) is 12.6 Å². The molecule has 0 bridgehead atoms. The minimum Gasteiger partial charge on any atom is -0.546 e. The standard InChI is InChI=1S/C22H27NO5.Na/c24-19(14-27-20-7-2-1-3-8-20)13-23-18-6-4-5-16-9-10-21(12-17(16)11-18)28-15-22(25)26;/h1-3,7-10,12,18-19,23-24H,4-6,11,13-15H2,(H,25,26);/q;+1/p-1/t18-,19+;/m0./s1. The van der Waals surface area contributed by atoms with Crippen molar-refractivity contribution in [2.24, 2.45) is 0 Å². The third-order valence-corrected chi connectivity index (χ3v) is 4.83. The van der Waals surface area contributed by atoms with E-state index in [1.165, 1.54) is 5.56 Å². The van der Waals surface area contributed by atoms with Crippen LogP contribution in [0, 0.1) is 0 Å². The van der Waals surface area contributed by atoms with Crippen molar-refractivity contribution in [2.75, 3.05) is 19.8 Å². The van der Waals surface area contributed by atoms with Crippen LogP contribution in [0.15, 0.2) is 48.5 Å². The number of aliphatic hydroxyl groups excluding tert-OH is 1. The summed E-state index contributed by atoms with van der Waals surface area (Å²) in [4.78, 5) is 10.6. The number of rotatable bonds is 9. The molecule has 0 aromatic heterocycles. The summed E-state index contributed by atoms with van der Waals surface area (Å²) in [6.07, 6.45) is 3.26. The SMILES string of the molecule is O=C([O-])COc1ccc2c(c1)C[C@@H](NC[C@@H](O)COc1ccccc1)CCC2.[Na+]. The quantitative estimate of drug-likeness (QED) is 0.373. The molecule has 150 valence electrons. The van der Waals surface area contributed by atoms with Gasteiger partial charge in [-0.3, -0.25) is 0 Å². The third kappa shape index (κ3) is 7.99. The van der Waals surface area contributed by atoms with E-state index in [1.54, 1.807) is 6.07 Å².